The van der Waals surface area contributed by atoms with Crippen molar-refractivity contribution >= 4 is 17.6 Å². The molecule has 0 radical (unpaired) electrons. The molecule has 1 spiro atoms. The first-order chi connectivity index (χ1) is 13.0. The number of nitrogens with two attached hydrogens (primary N) is 1. The van der Waals surface area contributed by atoms with E-state index in [1.165, 1.54) is 0 Å². The van der Waals surface area contributed by atoms with Crippen molar-refractivity contribution in [3.8, 4) is 0 Å². The van der Waals surface area contributed by atoms with Gasteiger partial charge in [-0.25, -0.2) is 0 Å². The van der Waals surface area contributed by atoms with E-state index in [-0.39, 0.29) is 17.2 Å². The number of nitrogens with zero attached hydrogens (tertiary/aromatic N) is 4. The Kier molecular flexibility index (Phi) is 4.55. The van der Waals surface area contributed by atoms with Crippen molar-refractivity contribution < 1.29 is 9.59 Å². The Morgan fingerprint density at radius 1 is 1.26 bits per heavy atom. The number of hydrogen-bond donors (Lipinski definition) is 2. The van der Waals surface area contributed by atoms with Crippen LogP contribution < -0.4 is 5.73 Å². The lowest BCUT2D eigenvalue weighted by Gasteiger charge is -2.48. The molecule has 0 unspecified atom stereocenters. The van der Waals surface area contributed by atoms with Gasteiger partial charge in [-0.05, 0) is 37.0 Å². The third-order valence-electron chi connectivity index (χ3n) is 5.65. The minimum absolute atomic E-state index is 0.0413. The maximum Gasteiger partial charge on any atom is 0.271 e. The van der Waals surface area contributed by atoms with E-state index in [9.17, 15) is 9.59 Å². The molecule has 2 aliphatic rings. The Bertz CT molecular complexity index is 836. The van der Waals surface area contributed by atoms with Crippen molar-refractivity contribution in [1.82, 2.24) is 25.0 Å². The van der Waals surface area contributed by atoms with Crippen molar-refractivity contribution in [2.24, 2.45) is 5.41 Å². The molecule has 4 rings (SSSR count). The van der Waals surface area contributed by atoms with Gasteiger partial charge in [0.05, 0.1) is 0 Å². The van der Waals surface area contributed by atoms with Gasteiger partial charge in [0.25, 0.3) is 5.91 Å². The number of nitrogens with one attached hydrogen (secondary N) is 1. The minimum Gasteiger partial charge on any atom is -0.382 e. The number of amides is 2. The molecule has 2 aliphatic heterocycles. The highest BCUT2D eigenvalue weighted by atomic mass is 16.2. The summed E-state index contributed by atoms with van der Waals surface area (Å²) in [6, 6.07) is 5.45. The van der Waals surface area contributed by atoms with Crippen molar-refractivity contribution in [1.29, 1.82) is 0 Å². The topological polar surface area (TPSA) is 108 Å². The quantitative estimate of drug-likeness (QED) is 0.852. The largest absolute Gasteiger partial charge is 0.382 e. The number of carbonyl (C=O) groups excluding carboxylic acids is 2. The van der Waals surface area contributed by atoms with E-state index in [0.717, 1.165) is 31.4 Å². The number of pyridine rings is 1. The molecule has 142 valence electrons. The first-order valence-electron chi connectivity index (χ1n) is 9.32. The second-order valence-corrected chi connectivity index (χ2v) is 7.64. The average Bonchev–Trinajstić information content (AvgIpc) is 3.12. The fraction of sp³-hybridized carbons (Fsp3) is 0.474. The molecule has 4 heterocycles. The first kappa shape index (κ1) is 17.5. The van der Waals surface area contributed by atoms with Gasteiger partial charge in [-0.1, -0.05) is 0 Å². The number of hydrogen-bond acceptors (Lipinski definition) is 5. The molecule has 0 saturated carbocycles. The smallest absolute Gasteiger partial charge is 0.271 e. The third-order valence-corrected chi connectivity index (χ3v) is 5.65. The summed E-state index contributed by atoms with van der Waals surface area (Å²) in [5, 5.41) is 6.56. The highest BCUT2D eigenvalue weighted by molar-refractivity contribution is 5.93. The lowest BCUT2D eigenvalue weighted by atomic mass is 9.73. The van der Waals surface area contributed by atoms with Crippen LogP contribution in [0.15, 0.2) is 30.6 Å². The van der Waals surface area contributed by atoms with Crippen LogP contribution in [0.1, 0.15) is 41.7 Å². The molecule has 2 fully saturated rings. The van der Waals surface area contributed by atoms with Crippen LogP contribution in [0.3, 0.4) is 0 Å². The van der Waals surface area contributed by atoms with Gasteiger partial charge in [0.15, 0.2) is 0 Å². The molecule has 2 aromatic heterocycles. The van der Waals surface area contributed by atoms with Gasteiger partial charge in [0, 0.05) is 56.5 Å². The normalized spacial score (nSPS) is 23.0. The molecule has 2 amide bonds. The van der Waals surface area contributed by atoms with Crippen LogP contribution >= 0.6 is 0 Å². The van der Waals surface area contributed by atoms with E-state index in [2.05, 4.69) is 15.2 Å². The zero-order chi connectivity index (χ0) is 18.9. The molecule has 3 N–H and O–H groups in total. The molecule has 1 atom stereocenters. The Balaban J connectivity index is 1.48. The molecule has 8 nitrogen and oxygen atoms in total. The Morgan fingerprint density at radius 3 is 2.81 bits per heavy atom. The van der Waals surface area contributed by atoms with Gasteiger partial charge in [-0.15, -0.1) is 0 Å². The van der Waals surface area contributed by atoms with Crippen molar-refractivity contribution in [2.75, 3.05) is 25.4 Å². The third kappa shape index (κ3) is 3.65. The summed E-state index contributed by atoms with van der Waals surface area (Å²) in [6.45, 7) is 2.65. The SMILES string of the molecule is Nc1cc(C(=O)N2CCC[C@@]3(CCC(=O)N(Cc4ccncc4)C3)C2)[nH]n1. The second kappa shape index (κ2) is 7.02. The number of likely N-dealkylation sites (tertiary alicyclic amines) is 2. The van der Waals surface area contributed by atoms with E-state index in [1.54, 1.807) is 18.5 Å². The molecule has 0 bridgehead atoms. The van der Waals surface area contributed by atoms with Gasteiger partial charge >= 0.3 is 0 Å². The van der Waals surface area contributed by atoms with Crippen LogP contribution in [-0.2, 0) is 11.3 Å². The van der Waals surface area contributed by atoms with Crippen LogP contribution in [0.25, 0.3) is 0 Å². The number of H-pyrrole nitrogens is 1. The molecule has 27 heavy (non-hydrogen) atoms. The van der Waals surface area contributed by atoms with E-state index in [4.69, 9.17) is 5.73 Å². The number of carbonyl (C=O) groups is 2. The summed E-state index contributed by atoms with van der Waals surface area (Å²) in [5.41, 5.74) is 7.08. The predicted octanol–water partition coefficient (Wildman–Crippen LogP) is 1.43. The van der Waals surface area contributed by atoms with E-state index < -0.39 is 0 Å². The Hall–Kier alpha value is -2.90. The fourth-order valence-corrected chi connectivity index (χ4v) is 4.29. The monoisotopic (exact) mass is 368 g/mol. The second-order valence-electron chi connectivity index (χ2n) is 7.64. The summed E-state index contributed by atoms with van der Waals surface area (Å²) >= 11 is 0. The molecule has 8 heteroatoms. The van der Waals surface area contributed by atoms with Crippen LogP contribution in [-0.4, -0.2) is 56.4 Å². The van der Waals surface area contributed by atoms with Crippen molar-refractivity contribution in [3.05, 3.63) is 41.9 Å². The van der Waals surface area contributed by atoms with Crippen molar-refractivity contribution in [3.63, 3.8) is 0 Å². The number of aromatic nitrogens is 3. The molecule has 2 saturated heterocycles. The summed E-state index contributed by atoms with van der Waals surface area (Å²) in [5.74, 6) is 0.426. The number of nitrogen functional groups attached to an aromatic ring is 1. The number of anilines is 1. The van der Waals surface area contributed by atoms with Gasteiger partial charge in [0.2, 0.25) is 5.91 Å². The van der Waals surface area contributed by atoms with Gasteiger partial charge < -0.3 is 15.5 Å². The predicted molar refractivity (Wildman–Crippen MR) is 99.5 cm³/mol. The van der Waals surface area contributed by atoms with E-state index >= 15 is 0 Å². The summed E-state index contributed by atoms with van der Waals surface area (Å²) in [4.78, 5) is 33.1. The minimum atomic E-state index is -0.0733. The molecular formula is C19H24N6O2. The standard InChI is InChI=1S/C19H24N6O2/c20-16-10-15(22-23-16)18(27)24-9-1-5-19(12-24)6-2-17(26)25(13-19)11-14-3-7-21-8-4-14/h3-4,7-8,10H,1-2,5-6,9,11-13H2,(H3,20,22,23)/t19-/m1/s1. The lowest BCUT2D eigenvalue weighted by Crippen LogP contribution is -2.54. The molecule has 0 aromatic carbocycles. The highest BCUT2D eigenvalue weighted by Crippen LogP contribution is 2.39. The maximum atomic E-state index is 12.8. The zero-order valence-corrected chi connectivity index (χ0v) is 15.2. The highest BCUT2D eigenvalue weighted by Gasteiger charge is 2.43. The van der Waals surface area contributed by atoms with Gasteiger partial charge in [-0.3, -0.25) is 19.7 Å². The average molecular weight is 368 g/mol. The van der Waals surface area contributed by atoms with Crippen LogP contribution in [0.5, 0.6) is 0 Å². The van der Waals surface area contributed by atoms with Crippen molar-refractivity contribution in [2.45, 2.75) is 32.2 Å². The number of piperidine rings is 2. The summed E-state index contributed by atoms with van der Waals surface area (Å²) in [7, 11) is 0. The molecular weight excluding hydrogens is 344 g/mol. The first-order valence-corrected chi connectivity index (χ1v) is 9.32. The Morgan fingerprint density at radius 2 is 2.07 bits per heavy atom. The number of aromatic amines is 1. The van der Waals surface area contributed by atoms with E-state index in [1.807, 2.05) is 21.9 Å². The van der Waals surface area contributed by atoms with E-state index in [0.29, 0.717) is 37.6 Å². The lowest BCUT2D eigenvalue weighted by molar-refractivity contribution is -0.139. The van der Waals surface area contributed by atoms with Gasteiger partial charge in [-0.2, -0.15) is 5.10 Å². The van der Waals surface area contributed by atoms with Gasteiger partial charge in [0.1, 0.15) is 11.5 Å². The van der Waals surface area contributed by atoms with Crippen LogP contribution in [0, 0.1) is 5.41 Å². The number of rotatable bonds is 3. The zero-order valence-electron chi connectivity index (χ0n) is 15.2. The summed E-state index contributed by atoms with van der Waals surface area (Å²) in [6.07, 6.45) is 6.82. The Labute approximate surface area is 157 Å². The maximum absolute atomic E-state index is 12.8. The molecule has 0 aliphatic carbocycles. The fourth-order valence-electron chi connectivity index (χ4n) is 4.29. The molecule has 2 aromatic rings. The van der Waals surface area contributed by atoms with Crippen LogP contribution in [0.4, 0.5) is 5.82 Å². The summed E-state index contributed by atoms with van der Waals surface area (Å²) < 4.78 is 0. The van der Waals surface area contributed by atoms with Crippen LogP contribution in [0.2, 0.25) is 0 Å².